The third kappa shape index (κ3) is 3.78. The van der Waals surface area contributed by atoms with Crippen molar-refractivity contribution in [2.45, 2.75) is 44.3 Å². The molecule has 0 aliphatic rings. The average Bonchev–Trinajstić information content (AvgIpc) is 3.39. The minimum atomic E-state index is -2.70. The number of benzene rings is 2. The van der Waals surface area contributed by atoms with E-state index in [-0.39, 0.29) is 17.1 Å². The number of alkyl halides is 2. The van der Waals surface area contributed by atoms with E-state index in [1.165, 1.54) is 11.8 Å². The van der Waals surface area contributed by atoms with Crippen molar-refractivity contribution in [3.63, 3.8) is 0 Å². The Kier molecular flexibility index (Phi) is 5.61. The zero-order valence-corrected chi connectivity index (χ0v) is 19.0. The Bertz CT molecular complexity index is 1520. The molecule has 0 N–H and O–H groups in total. The van der Waals surface area contributed by atoms with Crippen molar-refractivity contribution in [1.29, 1.82) is 0 Å². The molecule has 3 heterocycles. The summed E-state index contributed by atoms with van der Waals surface area (Å²) in [5.74, 6) is 1.30. The molecule has 0 fully saturated rings. The molecular weight excluding hydrogens is 446 g/mol. The lowest BCUT2D eigenvalue weighted by Crippen LogP contribution is -2.24. The van der Waals surface area contributed by atoms with E-state index in [0.717, 1.165) is 11.0 Å². The zero-order chi connectivity index (χ0) is 23.1. The summed E-state index contributed by atoms with van der Waals surface area (Å²) < 4.78 is 32.0. The average molecular weight is 469 g/mol. The van der Waals surface area contributed by atoms with Crippen LogP contribution in [0.5, 0.6) is 0 Å². The van der Waals surface area contributed by atoms with Crippen LogP contribution in [0.15, 0.2) is 58.5 Å². The van der Waals surface area contributed by atoms with Gasteiger partial charge in [-0.15, -0.1) is 10.2 Å². The van der Waals surface area contributed by atoms with Crippen LogP contribution in [-0.4, -0.2) is 28.7 Å². The highest BCUT2D eigenvalue weighted by atomic mass is 32.2. The predicted octanol–water partition coefficient (Wildman–Crippen LogP) is 5.13. The molecule has 33 heavy (non-hydrogen) atoms. The van der Waals surface area contributed by atoms with E-state index < -0.39 is 6.55 Å². The smallest absolute Gasteiger partial charge is 0.276 e. The molecule has 5 rings (SSSR count). The number of rotatable bonds is 7. The molecule has 5 aromatic rings. The zero-order valence-electron chi connectivity index (χ0n) is 18.2. The quantitative estimate of drug-likeness (QED) is 0.310. The lowest BCUT2D eigenvalue weighted by atomic mass is 10.1. The van der Waals surface area contributed by atoms with Crippen LogP contribution in [0.4, 0.5) is 8.78 Å². The first-order valence-electron chi connectivity index (χ1n) is 10.7. The van der Waals surface area contributed by atoms with E-state index >= 15 is 0 Å². The van der Waals surface area contributed by atoms with Crippen LogP contribution in [-0.2, 0) is 12.3 Å². The lowest BCUT2D eigenvalue weighted by molar-refractivity contribution is 0.0722. The van der Waals surface area contributed by atoms with E-state index in [1.54, 1.807) is 34.9 Å². The van der Waals surface area contributed by atoms with Gasteiger partial charge in [-0.3, -0.25) is 18.3 Å². The van der Waals surface area contributed by atoms with E-state index in [1.807, 2.05) is 22.6 Å². The Morgan fingerprint density at radius 3 is 2.48 bits per heavy atom. The van der Waals surface area contributed by atoms with Gasteiger partial charge in [0, 0.05) is 6.54 Å². The summed E-state index contributed by atoms with van der Waals surface area (Å²) in [6.45, 7) is 2.02. The third-order valence-corrected chi connectivity index (χ3v) is 6.53. The van der Waals surface area contributed by atoms with E-state index in [4.69, 9.17) is 0 Å². The van der Waals surface area contributed by atoms with E-state index in [9.17, 15) is 13.6 Å². The Morgan fingerprint density at radius 2 is 1.73 bits per heavy atom. The van der Waals surface area contributed by atoms with Crippen molar-refractivity contribution >= 4 is 39.5 Å². The van der Waals surface area contributed by atoms with Crippen LogP contribution in [0.1, 0.15) is 32.6 Å². The molecule has 0 bridgehead atoms. The van der Waals surface area contributed by atoms with Crippen molar-refractivity contribution in [3.8, 4) is 0 Å². The summed E-state index contributed by atoms with van der Waals surface area (Å²) in [5, 5.41) is 9.70. The number of aromatic nitrogens is 6. The maximum atomic E-state index is 13.8. The molecule has 0 aliphatic carbocycles. The monoisotopic (exact) mass is 468 g/mol. The fraction of sp³-hybridized carbons (Fsp3) is 0.304. The van der Waals surface area contributed by atoms with Crippen LogP contribution in [0.25, 0.3) is 27.7 Å². The molecule has 7 nitrogen and oxygen atoms in total. The number of thioether (sulfide) groups is 1. The summed E-state index contributed by atoms with van der Waals surface area (Å²) in [5.41, 5.74) is 1.49. The minimum absolute atomic E-state index is 0.109. The van der Waals surface area contributed by atoms with Gasteiger partial charge in [-0.05, 0) is 36.6 Å². The largest absolute Gasteiger partial charge is 0.320 e. The van der Waals surface area contributed by atoms with Crippen LogP contribution >= 0.6 is 11.8 Å². The molecular formula is C23H22F2N6OS. The van der Waals surface area contributed by atoms with Crippen molar-refractivity contribution in [2.24, 2.45) is 5.92 Å². The topological polar surface area (TPSA) is 70.0 Å². The molecule has 0 spiro atoms. The Hall–Kier alpha value is -3.27. The summed E-state index contributed by atoms with van der Waals surface area (Å²) in [7, 11) is 0. The van der Waals surface area contributed by atoms with Gasteiger partial charge in [-0.1, -0.05) is 49.9 Å². The van der Waals surface area contributed by atoms with E-state index in [2.05, 4.69) is 29.0 Å². The molecule has 2 aromatic carbocycles. The summed E-state index contributed by atoms with van der Waals surface area (Å²) in [6, 6.07) is 14.2. The summed E-state index contributed by atoms with van der Waals surface area (Å²) in [6.07, 6.45) is 0.821. The van der Waals surface area contributed by atoms with Crippen molar-refractivity contribution in [2.75, 3.05) is 0 Å². The van der Waals surface area contributed by atoms with Gasteiger partial charge in [-0.2, -0.15) is 8.78 Å². The number of nitrogens with zero attached hydrogens (tertiary/aromatic N) is 6. The molecule has 0 unspecified atom stereocenters. The number of imidazole rings is 1. The molecule has 170 valence electrons. The highest BCUT2D eigenvalue weighted by molar-refractivity contribution is 7.98. The van der Waals surface area contributed by atoms with Crippen LogP contribution in [0, 0.1) is 5.92 Å². The van der Waals surface area contributed by atoms with Gasteiger partial charge >= 0.3 is 6.55 Å². The molecule has 0 atom stereocenters. The molecule has 0 amide bonds. The van der Waals surface area contributed by atoms with Crippen molar-refractivity contribution < 1.29 is 8.78 Å². The highest BCUT2D eigenvalue weighted by Gasteiger charge is 2.20. The maximum Gasteiger partial charge on any atom is 0.320 e. The first-order chi connectivity index (χ1) is 16.0. The van der Waals surface area contributed by atoms with E-state index in [0.29, 0.717) is 45.3 Å². The fourth-order valence-electron chi connectivity index (χ4n) is 3.96. The maximum absolute atomic E-state index is 13.8. The number of halogens is 2. The standard InChI is InChI=1S/C23H22F2N6OS/c1-14(2)11-12-29-20(32)15-7-3-5-9-17(15)31-22(29)27-28-23(31)33-13-19-26-16-8-4-6-10-18(16)30(19)21(24)25/h3-10,14,21H,11-13H2,1-2H3. The Balaban J connectivity index is 1.60. The van der Waals surface area contributed by atoms with Gasteiger partial charge < -0.3 is 0 Å². The predicted molar refractivity (Wildman–Crippen MR) is 125 cm³/mol. The fourth-order valence-corrected chi connectivity index (χ4v) is 4.83. The lowest BCUT2D eigenvalue weighted by Gasteiger charge is -2.12. The Morgan fingerprint density at radius 1 is 1.00 bits per heavy atom. The van der Waals surface area contributed by atoms with Crippen molar-refractivity contribution in [1.82, 2.24) is 28.7 Å². The van der Waals surface area contributed by atoms with Gasteiger partial charge in [0.15, 0.2) is 5.16 Å². The highest BCUT2D eigenvalue weighted by Crippen LogP contribution is 2.29. The minimum Gasteiger partial charge on any atom is -0.276 e. The number of para-hydroxylation sites is 3. The number of fused-ring (bicyclic) bond motifs is 4. The van der Waals surface area contributed by atoms with Gasteiger partial charge in [0.2, 0.25) is 5.78 Å². The molecule has 0 radical (unpaired) electrons. The molecule has 0 saturated carbocycles. The van der Waals surface area contributed by atoms with Crippen molar-refractivity contribution in [3.05, 3.63) is 64.7 Å². The molecule has 10 heteroatoms. The SMILES string of the molecule is CC(C)CCn1c(=O)c2ccccc2n2c(SCc3nc4ccccc4n3C(F)F)nnc12. The van der Waals surface area contributed by atoms with Gasteiger partial charge in [0.25, 0.3) is 5.56 Å². The summed E-state index contributed by atoms with van der Waals surface area (Å²) in [4.78, 5) is 17.5. The second-order valence-corrected chi connectivity index (χ2v) is 9.17. The number of aryl methyl sites for hydroxylation is 1. The third-order valence-electron chi connectivity index (χ3n) is 5.60. The van der Waals surface area contributed by atoms with Gasteiger partial charge in [0.1, 0.15) is 5.82 Å². The molecule has 0 aliphatic heterocycles. The first-order valence-corrected chi connectivity index (χ1v) is 11.7. The summed E-state index contributed by atoms with van der Waals surface area (Å²) >= 11 is 1.27. The van der Waals surface area contributed by atoms with Gasteiger partial charge in [0.05, 0.1) is 27.7 Å². The van der Waals surface area contributed by atoms with Crippen LogP contribution in [0.3, 0.4) is 0 Å². The van der Waals surface area contributed by atoms with Crippen LogP contribution in [0.2, 0.25) is 0 Å². The first kappa shape index (κ1) is 21.6. The van der Waals surface area contributed by atoms with Gasteiger partial charge in [-0.25, -0.2) is 4.98 Å². The number of hydrogen-bond donors (Lipinski definition) is 0. The normalized spacial score (nSPS) is 12.2. The second kappa shape index (κ2) is 8.58. The number of hydrogen-bond acceptors (Lipinski definition) is 5. The molecule has 3 aromatic heterocycles. The van der Waals surface area contributed by atoms with Crippen LogP contribution < -0.4 is 5.56 Å². The Labute approximate surface area is 192 Å². The molecule has 0 saturated heterocycles. The second-order valence-electron chi connectivity index (χ2n) is 8.23.